The fourth-order valence-electron chi connectivity index (χ4n) is 2.59. The van der Waals surface area contributed by atoms with Gasteiger partial charge in [-0.25, -0.2) is 4.98 Å². The predicted octanol–water partition coefficient (Wildman–Crippen LogP) is 4.08. The number of ether oxygens (including phenoxy) is 1. The van der Waals surface area contributed by atoms with Crippen molar-refractivity contribution in [3.8, 4) is 18.1 Å². The van der Waals surface area contributed by atoms with Crippen molar-refractivity contribution in [2.75, 3.05) is 23.1 Å². The number of alkyl halides is 3. The van der Waals surface area contributed by atoms with Crippen LogP contribution in [0.1, 0.15) is 12.5 Å². The molecule has 184 valence electrons. The molecular weight excluding hydrogens is 465 g/mol. The number of halogens is 3. The number of nitrogens with one attached hydrogen (secondary N) is 3. The Balaban J connectivity index is 2.55. The zero-order valence-corrected chi connectivity index (χ0v) is 18.8. The number of terminal acetylenes is 1. The van der Waals surface area contributed by atoms with Gasteiger partial charge in [0.1, 0.15) is 17.1 Å². The minimum absolute atomic E-state index is 0.000550. The summed E-state index contributed by atoms with van der Waals surface area (Å²) < 4.78 is 45.9. The van der Waals surface area contributed by atoms with Crippen molar-refractivity contribution >= 4 is 29.0 Å². The molecule has 0 aliphatic carbocycles. The number of amides is 1. The zero-order valence-electron chi connectivity index (χ0n) is 18.8. The van der Waals surface area contributed by atoms with Crippen molar-refractivity contribution in [2.24, 2.45) is 11.7 Å². The van der Waals surface area contributed by atoms with E-state index in [2.05, 4.69) is 38.4 Å². The number of hydrogen-bond acceptors (Lipinski definition) is 8. The number of rotatable bonds is 9. The minimum atomic E-state index is -4.82. The van der Waals surface area contributed by atoms with Gasteiger partial charge in [0.25, 0.3) is 0 Å². The highest BCUT2D eigenvalue weighted by atomic mass is 19.4. The largest absolute Gasteiger partial charge is 0.508 e. The average Bonchev–Trinajstić information content (AvgIpc) is 2.79. The number of allylic oxidation sites excluding steroid dienone is 2. The van der Waals surface area contributed by atoms with Gasteiger partial charge in [-0.15, -0.1) is 6.42 Å². The van der Waals surface area contributed by atoms with Gasteiger partial charge in [-0.1, -0.05) is 12.5 Å². The maximum absolute atomic E-state index is 13.7. The summed E-state index contributed by atoms with van der Waals surface area (Å²) >= 11 is 0. The van der Waals surface area contributed by atoms with Crippen molar-refractivity contribution < 1.29 is 27.8 Å². The van der Waals surface area contributed by atoms with E-state index in [9.17, 15) is 23.1 Å². The first kappa shape index (κ1) is 26.6. The Morgan fingerprint density at radius 1 is 1.34 bits per heavy atom. The number of nitrogens with zero attached hydrogens (tertiary/aromatic N) is 2. The SMILES string of the molecule is C#CC(C)/C=C(\C=C(\N)OC)Nc1ncc(C(F)(F)F)c(Nc2cc(O)ccc2NC(=O)C=C)n1. The fourth-order valence-corrected chi connectivity index (χ4v) is 2.59. The molecule has 1 aromatic heterocycles. The Kier molecular flexibility index (Phi) is 8.71. The second-order valence-electron chi connectivity index (χ2n) is 6.96. The highest BCUT2D eigenvalue weighted by Gasteiger charge is 2.35. The van der Waals surface area contributed by atoms with Crippen LogP contribution < -0.4 is 21.7 Å². The molecule has 0 aliphatic rings. The summed E-state index contributed by atoms with van der Waals surface area (Å²) in [4.78, 5) is 19.4. The molecule has 0 saturated carbocycles. The predicted molar refractivity (Wildman–Crippen MR) is 126 cm³/mol. The van der Waals surface area contributed by atoms with E-state index < -0.39 is 23.5 Å². The van der Waals surface area contributed by atoms with Crippen LogP contribution in [-0.4, -0.2) is 28.1 Å². The Labute approximate surface area is 199 Å². The summed E-state index contributed by atoms with van der Waals surface area (Å²) in [6.07, 6.45) is 5.06. The molecule has 0 radical (unpaired) electrons. The van der Waals surface area contributed by atoms with Crippen LogP contribution in [0.15, 0.2) is 60.8 Å². The van der Waals surface area contributed by atoms with Crippen LogP contribution in [0.4, 0.5) is 36.3 Å². The van der Waals surface area contributed by atoms with Crippen molar-refractivity contribution in [3.05, 3.63) is 66.3 Å². The summed E-state index contributed by atoms with van der Waals surface area (Å²) in [7, 11) is 1.34. The molecule has 2 rings (SSSR count). The van der Waals surface area contributed by atoms with Crippen molar-refractivity contribution in [1.82, 2.24) is 9.97 Å². The molecule has 0 saturated heterocycles. The summed E-state index contributed by atoms with van der Waals surface area (Å²) in [6, 6.07) is 3.67. The highest BCUT2D eigenvalue weighted by molar-refractivity contribution is 6.01. The Hall–Kier alpha value is -4.66. The van der Waals surface area contributed by atoms with Crippen LogP contribution >= 0.6 is 0 Å². The summed E-state index contributed by atoms with van der Waals surface area (Å²) in [6.45, 7) is 5.04. The number of carbonyl (C=O) groups excluding carboxylic acids is 1. The lowest BCUT2D eigenvalue weighted by Crippen LogP contribution is -2.15. The number of nitrogens with two attached hydrogens (primary N) is 1. The lowest BCUT2D eigenvalue weighted by molar-refractivity contribution is -0.137. The second kappa shape index (κ2) is 11.5. The summed E-state index contributed by atoms with van der Waals surface area (Å²) in [5.41, 5.74) is 4.78. The molecule has 1 aromatic carbocycles. The number of aromatic nitrogens is 2. The summed E-state index contributed by atoms with van der Waals surface area (Å²) in [5, 5.41) is 17.5. The van der Waals surface area contributed by atoms with Gasteiger partial charge in [0.15, 0.2) is 5.88 Å². The molecule has 6 N–H and O–H groups in total. The first-order valence-corrected chi connectivity index (χ1v) is 9.90. The van der Waals surface area contributed by atoms with Crippen LogP contribution in [-0.2, 0) is 15.7 Å². The second-order valence-corrected chi connectivity index (χ2v) is 6.96. The fraction of sp³-hybridized carbons (Fsp3) is 0.174. The Morgan fingerprint density at radius 3 is 2.66 bits per heavy atom. The summed E-state index contributed by atoms with van der Waals surface area (Å²) in [5.74, 6) is 0.361. The van der Waals surface area contributed by atoms with Crippen molar-refractivity contribution in [1.29, 1.82) is 0 Å². The lowest BCUT2D eigenvalue weighted by atomic mass is 10.1. The van der Waals surface area contributed by atoms with E-state index in [4.69, 9.17) is 16.9 Å². The third-order valence-corrected chi connectivity index (χ3v) is 4.28. The van der Waals surface area contributed by atoms with Gasteiger partial charge in [0, 0.05) is 30.0 Å². The molecule has 12 heteroatoms. The number of hydrogen-bond donors (Lipinski definition) is 5. The Morgan fingerprint density at radius 2 is 2.06 bits per heavy atom. The van der Waals surface area contributed by atoms with Crippen LogP contribution in [0.5, 0.6) is 5.75 Å². The maximum Gasteiger partial charge on any atom is 0.421 e. The molecule has 35 heavy (non-hydrogen) atoms. The third-order valence-electron chi connectivity index (χ3n) is 4.28. The molecule has 1 atom stereocenters. The molecule has 1 heterocycles. The van der Waals surface area contributed by atoms with Crippen LogP contribution in [0.25, 0.3) is 0 Å². The molecule has 0 fully saturated rings. The number of methoxy groups -OCH3 is 1. The van der Waals surface area contributed by atoms with Gasteiger partial charge >= 0.3 is 6.18 Å². The van der Waals surface area contributed by atoms with E-state index in [-0.39, 0.29) is 40.6 Å². The van der Waals surface area contributed by atoms with E-state index in [1.54, 1.807) is 13.0 Å². The van der Waals surface area contributed by atoms with Gasteiger partial charge in [0.2, 0.25) is 11.9 Å². The van der Waals surface area contributed by atoms with Gasteiger partial charge in [-0.05, 0) is 31.2 Å². The smallest absolute Gasteiger partial charge is 0.421 e. The first-order chi connectivity index (χ1) is 16.5. The van der Waals surface area contributed by atoms with E-state index in [0.29, 0.717) is 6.20 Å². The number of phenols is 1. The topological polar surface area (TPSA) is 134 Å². The number of benzene rings is 1. The maximum atomic E-state index is 13.7. The van der Waals surface area contributed by atoms with E-state index in [1.165, 1.54) is 25.3 Å². The monoisotopic (exact) mass is 488 g/mol. The van der Waals surface area contributed by atoms with E-state index in [0.717, 1.165) is 12.1 Å². The van der Waals surface area contributed by atoms with Gasteiger partial charge in [0.05, 0.1) is 18.5 Å². The number of phenolic OH excluding ortho intramolecular Hbond substituents is 1. The molecule has 0 spiro atoms. The third kappa shape index (κ3) is 7.71. The number of carbonyl (C=O) groups is 1. The molecule has 1 unspecified atom stereocenters. The van der Waals surface area contributed by atoms with Crippen LogP contribution in [0, 0.1) is 18.3 Å². The van der Waals surface area contributed by atoms with Crippen LogP contribution in [0.2, 0.25) is 0 Å². The number of aromatic hydroxyl groups is 1. The quantitative estimate of drug-likeness (QED) is 0.117. The lowest BCUT2D eigenvalue weighted by Gasteiger charge is -2.17. The molecule has 1 amide bonds. The standard InChI is InChI=1S/C23H23F3N6O3/c1-5-13(3)9-14(10-19(27)35-4)29-22-28-12-16(23(24,25)26)21(32-22)31-18-11-15(33)7-8-17(18)30-20(34)6-2/h1,6-13,33H,2,27H2,3-4H3,(H,30,34)(H2,28,29,31,32)/b14-9+,19-10-. The molecule has 0 bridgehead atoms. The normalized spacial score (nSPS) is 12.8. The average molecular weight is 488 g/mol. The Bertz CT molecular complexity index is 1200. The van der Waals surface area contributed by atoms with Gasteiger partial charge < -0.3 is 31.5 Å². The minimum Gasteiger partial charge on any atom is -0.508 e. The van der Waals surface area contributed by atoms with Crippen LogP contribution in [0.3, 0.4) is 0 Å². The molecule has 9 nitrogen and oxygen atoms in total. The first-order valence-electron chi connectivity index (χ1n) is 9.90. The van der Waals surface area contributed by atoms with Gasteiger partial charge in [-0.2, -0.15) is 18.2 Å². The van der Waals surface area contributed by atoms with Crippen molar-refractivity contribution in [3.63, 3.8) is 0 Å². The molecule has 0 aliphatic heterocycles. The van der Waals surface area contributed by atoms with E-state index >= 15 is 0 Å². The zero-order chi connectivity index (χ0) is 26.2. The highest BCUT2D eigenvalue weighted by Crippen LogP contribution is 2.37. The molecular formula is C23H23F3N6O3. The molecule has 2 aromatic rings. The van der Waals surface area contributed by atoms with E-state index in [1.807, 2.05) is 0 Å². The number of anilines is 4. The van der Waals surface area contributed by atoms with Crippen molar-refractivity contribution in [2.45, 2.75) is 13.1 Å². The van der Waals surface area contributed by atoms with Gasteiger partial charge in [-0.3, -0.25) is 4.79 Å².